The summed E-state index contributed by atoms with van der Waals surface area (Å²) in [5.74, 6) is -0.0209. The average molecular weight is 240 g/mol. The van der Waals surface area contributed by atoms with E-state index in [1.807, 2.05) is 0 Å². The number of ether oxygens (including phenoxy) is 1. The molecule has 3 fully saturated rings. The number of carbonyl (C=O) groups is 1. The number of rotatable bonds is 2. The minimum Gasteiger partial charge on any atom is -0.466 e. The number of halogens is 1. The first-order valence-corrected chi connectivity index (χ1v) is 6.22. The highest BCUT2D eigenvalue weighted by molar-refractivity contribution is 7.93. The van der Waals surface area contributed by atoms with Gasteiger partial charge in [-0.05, 0) is 19.8 Å². The highest BCUT2D eigenvalue weighted by Crippen LogP contribution is 2.54. The third kappa shape index (κ3) is 1.42. The van der Waals surface area contributed by atoms with Gasteiger partial charge in [0.05, 0.1) is 12.0 Å². The van der Waals surface area contributed by atoms with Crippen LogP contribution in [0.25, 0.3) is 0 Å². The van der Waals surface area contributed by atoms with E-state index in [4.69, 9.17) is 9.52 Å². The van der Waals surface area contributed by atoms with E-state index in [1.165, 1.54) is 0 Å². The van der Waals surface area contributed by atoms with Crippen LogP contribution in [-0.2, 0) is 19.3 Å². The summed E-state index contributed by atoms with van der Waals surface area (Å²) in [7, 11) is -2.47. The number of fused-ring (bicyclic) bond motifs is 1. The number of esters is 1. The van der Waals surface area contributed by atoms with Crippen molar-refractivity contribution in [3.05, 3.63) is 0 Å². The fourth-order valence-corrected chi connectivity index (χ4v) is 4.82. The molecule has 2 bridgehead atoms. The van der Waals surface area contributed by atoms with Gasteiger partial charge in [0, 0.05) is 20.7 Å². The van der Waals surface area contributed by atoms with E-state index >= 15 is 0 Å². The molecule has 0 aromatic heterocycles. The molecule has 1 unspecified atom stereocenters. The van der Waals surface area contributed by atoms with Crippen molar-refractivity contribution < 1.29 is 13.7 Å². The Hall–Kier alpha value is -0.290. The number of carbonyl (C=O) groups excluding carboxylic acids is 1. The first-order chi connectivity index (χ1) is 6.00. The van der Waals surface area contributed by atoms with E-state index in [1.54, 1.807) is 6.92 Å². The van der Waals surface area contributed by atoms with Crippen LogP contribution in [0, 0.1) is 10.2 Å². The molecule has 14 heavy (non-hydrogen) atoms. The zero-order chi connectivity index (χ0) is 9.69. The molecule has 1 saturated carbocycles. The van der Waals surface area contributed by atoms with E-state index in [-0.39, 0.29) is 29.4 Å². The maximum atomic E-state index is 11.5. The molecule has 6 heteroatoms. The molecule has 0 radical (unpaired) electrons. The Balaban J connectivity index is 0.000000980. The summed E-state index contributed by atoms with van der Waals surface area (Å²) in [6.45, 7) is 2.13. The predicted molar refractivity (Wildman–Crippen MR) is 55.1 cm³/mol. The Morgan fingerprint density at radius 2 is 2.21 bits per heavy atom. The molecule has 0 aromatic rings. The molecule has 2 aliphatic heterocycles. The molecule has 0 spiro atoms. The molecule has 1 aliphatic carbocycles. The molecule has 2 heterocycles. The fourth-order valence-electron chi connectivity index (χ4n) is 2.24. The number of nitrogens with one attached hydrogen (secondary N) is 1. The summed E-state index contributed by atoms with van der Waals surface area (Å²) in [6, 6.07) is 0. The highest BCUT2D eigenvalue weighted by Gasteiger charge is 2.63. The van der Waals surface area contributed by atoms with E-state index in [0.717, 1.165) is 0 Å². The van der Waals surface area contributed by atoms with E-state index in [9.17, 15) is 9.00 Å². The van der Waals surface area contributed by atoms with Crippen LogP contribution < -0.4 is 0 Å². The van der Waals surface area contributed by atoms with Crippen molar-refractivity contribution in [2.45, 2.75) is 25.0 Å². The standard InChI is InChI=1S/C8H13NO3S.ClH/c1-2-12-7(10)8-3-6(4-8)13(9,11)5-8;/h6,9H,2-5H2,1H3;1H. The number of hydrogen-bond donors (Lipinski definition) is 1. The van der Waals surface area contributed by atoms with Crippen molar-refractivity contribution in [2.75, 3.05) is 12.4 Å². The second-order valence-corrected chi connectivity index (χ2v) is 6.31. The Morgan fingerprint density at radius 1 is 1.64 bits per heavy atom. The molecule has 3 rings (SSSR count). The van der Waals surface area contributed by atoms with Gasteiger partial charge in [-0.25, -0.2) is 4.21 Å². The van der Waals surface area contributed by atoms with E-state index < -0.39 is 15.1 Å². The Kier molecular flexibility index (Phi) is 2.84. The Labute approximate surface area is 89.8 Å². The minimum absolute atomic E-state index is 0. The summed E-state index contributed by atoms with van der Waals surface area (Å²) in [5.41, 5.74) is -0.542. The van der Waals surface area contributed by atoms with Crippen molar-refractivity contribution in [3.63, 3.8) is 0 Å². The average Bonchev–Trinajstić information content (AvgIpc) is 2.34. The van der Waals surface area contributed by atoms with Crippen molar-refractivity contribution in [1.29, 1.82) is 4.78 Å². The summed E-state index contributed by atoms with van der Waals surface area (Å²) < 4.78 is 23.9. The molecule has 3 aliphatic rings. The van der Waals surface area contributed by atoms with Crippen molar-refractivity contribution in [1.82, 2.24) is 0 Å². The van der Waals surface area contributed by atoms with Gasteiger partial charge in [-0.1, -0.05) is 0 Å². The van der Waals surface area contributed by atoms with Gasteiger partial charge in [0.25, 0.3) is 0 Å². The maximum Gasteiger partial charge on any atom is 0.313 e. The van der Waals surface area contributed by atoms with Crippen LogP contribution >= 0.6 is 12.4 Å². The molecule has 4 nitrogen and oxygen atoms in total. The molecule has 0 aromatic carbocycles. The third-order valence-corrected chi connectivity index (χ3v) is 5.37. The van der Waals surface area contributed by atoms with Crippen LogP contribution in [0.4, 0.5) is 0 Å². The lowest BCUT2D eigenvalue weighted by Crippen LogP contribution is -2.41. The Morgan fingerprint density at radius 3 is 2.57 bits per heavy atom. The first-order valence-electron chi connectivity index (χ1n) is 4.43. The number of hydrogen-bond acceptors (Lipinski definition) is 4. The normalized spacial score (nSPS) is 43.6. The van der Waals surface area contributed by atoms with Gasteiger partial charge in [0.1, 0.15) is 0 Å². The van der Waals surface area contributed by atoms with Crippen molar-refractivity contribution in [2.24, 2.45) is 5.41 Å². The Bertz CT molecular complexity index is 346. The lowest BCUT2D eigenvalue weighted by atomic mass is 9.70. The molecular formula is C8H14ClNO3S. The van der Waals surface area contributed by atoms with Crippen molar-refractivity contribution in [3.8, 4) is 0 Å². The lowest BCUT2D eigenvalue weighted by molar-refractivity contribution is -0.157. The van der Waals surface area contributed by atoms with Crippen LogP contribution in [0.2, 0.25) is 0 Å². The van der Waals surface area contributed by atoms with Gasteiger partial charge in [-0.2, -0.15) is 0 Å². The molecular weight excluding hydrogens is 226 g/mol. The van der Waals surface area contributed by atoms with Crippen LogP contribution in [0.15, 0.2) is 0 Å². The lowest BCUT2D eigenvalue weighted by Gasteiger charge is -2.33. The van der Waals surface area contributed by atoms with Crippen LogP contribution in [0.3, 0.4) is 0 Å². The van der Waals surface area contributed by atoms with E-state index in [0.29, 0.717) is 19.4 Å². The van der Waals surface area contributed by atoms with Crippen LogP contribution in [0.5, 0.6) is 0 Å². The predicted octanol–water partition coefficient (Wildman–Crippen LogP) is 1.18. The molecule has 0 amide bonds. The topological polar surface area (TPSA) is 67.2 Å². The molecule has 82 valence electrons. The summed E-state index contributed by atoms with van der Waals surface area (Å²) >= 11 is 0. The van der Waals surface area contributed by atoms with Gasteiger partial charge in [-0.3, -0.25) is 9.57 Å². The van der Waals surface area contributed by atoms with Crippen LogP contribution in [0.1, 0.15) is 19.8 Å². The summed E-state index contributed by atoms with van der Waals surface area (Å²) in [6.07, 6.45) is 1.21. The highest BCUT2D eigenvalue weighted by atomic mass is 35.5. The summed E-state index contributed by atoms with van der Waals surface area (Å²) in [5, 5.41) is -0.0445. The fraction of sp³-hybridized carbons (Fsp3) is 0.875. The zero-order valence-electron chi connectivity index (χ0n) is 7.95. The monoisotopic (exact) mass is 239 g/mol. The van der Waals surface area contributed by atoms with Gasteiger partial charge in [0.15, 0.2) is 0 Å². The largest absolute Gasteiger partial charge is 0.466 e. The van der Waals surface area contributed by atoms with Gasteiger partial charge < -0.3 is 4.74 Å². The van der Waals surface area contributed by atoms with Gasteiger partial charge in [-0.15, -0.1) is 12.4 Å². The molecule has 1 N–H and O–H groups in total. The first kappa shape index (κ1) is 11.8. The van der Waals surface area contributed by atoms with Crippen molar-refractivity contribution >= 4 is 28.1 Å². The second-order valence-electron chi connectivity index (χ2n) is 3.90. The quantitative estimate of drug-likeness (QED) is 0.736. The second kappa shape index (κ2) is 3.38. The van der Waals surface area contributed by atoms with Gasteiger partial charge in [0.2, 0.25) is 0 Å². The minimum atomic E-state index is -2.47. The SMILES string of the molecule is CCOC(=O)C12CC(C1)S(=N)(=O)C2.Cl. The summed E-state index contributed by atoms with van der Waals surface area (Å²) in [4.78, 5) is 11.5. The third-order valence-electron chi connectivity index (χ3n) is 2.97. The van der Waals surface area contributed by atoms with Crippen LogP contribution in [-0.4, -0.2) is 27.8 Å². The molecule has 2 saturated heterocycles. The van der Waals surface area contributed by atoms with Gasteiger partial charge >= 0.3 is 5.97 Å². The maximum absolute atomic E-state index is 11.5. The molecule has 1 atom stereocenters. The zero-order valence-corrected chi connectivity index (χ0v) is 9.58. The smallest absolute Gasteiger partial charge is 0.313 e. The van der Waals surface area contributed by atoms with E-state index in [2.05, 4.69) is 0 Å².